The Balaban J connectivity index is 1.73. The molecule has 1 aliphatic heterocycles. The smallest absolute Gasteiger partial charge is 0.217 e. The van der Waals surface area contributed by atoms with Crippen LogP contribution in [0, 0.1) is 12.8 Å². The quantitative estimate of drug-likeness (QED) is 0.916. The normalized spacial score (nSPS) is 18.7. The third kappa shape index (κ3) is 3.20. The van der Waals surface area contributed by atoms with Crippen LogP contribution in [0.3, 0.4) is 0 Å². The Morgan fingerprint density at radius 1 is 1.36 bits per heavy atom. The van der Waals surface area contributed by atoms with E-state index in [4.69, 9.17) is 5.73 Å². The molecule has 116 valence electrons. The first-order valence-corrected chi connectivity index (χ1v) is 7.73. The van der Waals surface area contributed by atoms with Gasteiger partial charge in [0.1, 0.15) is 5.82 Å². The summed E-state index contributed by atoms with van der Waals surface area (Å²) >= 11 is 0. The number of carbonyl (C=O) groups is 1. The van der Waals surface area contributed by atoms with Crippen molar-refractivity contribution in [3.05, 3.63) is 48.0 Å². The molecule has 1 aromatic heterocycles. The molecular formula is C17H22N4O. The van der Waals surface area contributed by atoms with Gasteiger partial charge in [-0.3, -0.25) is 14.3 Å². The number of amides is 1. The summed E-state index contributed by atoms with van der Waals surface area (Å²) in [4.78, 5) is 17.9. The SMILES string of the molecule is Cc1ncc(CN2CCC(CC(N)=O)C2)n1-c1ccccc1. The van der Waals surface area contributed by atoms with E-state index in [0.717, 1.165) is 37.6 Å². The van der Waals surface area contributed by atoms with E-state index < -0.39 is 0 Å². The van der Waals surface area contributed by atoms with Crippen LogP contribution in [0.2, 0.25) is 0 Å². The Kier molecular flexibility index (Phi) is 4.24. The van der Waals surface area contributed by atoms with Gasteiger partial charge < -0.3 is 5.73 Å². The molecule has 22 heavy (non-hydrogen) atoms. The zero-order chi connectivity index (χ0) is 15.5. The molecule has 1 amide bonds. The van der Waals surface area contributed by atoms with E-state index in [1.165, 1.54) is 5.69 Å². The number of aryl methyl sites for hydroxylation is 1. The zero-order valence-corrected chi connectivity index (χ0v) is 12.9. The number of imidazole rings is 1. The lowest BCUT2D eigenvalue weighted by Crippen LogP contribution is -2.23. The van der Waals surface area contributed by atoms with Crippen molar-refractivity contribution in [3.8, 4) is 5.69 Å². The van der Waals surface area contributed by atoms with Gasteiger partial charge in [0.2, 0.25) is 5.91 Å². The standard InChI is InChI=1S/C17H22N4O/c1-13-19-10-16(21(13)15-5-3-2-4-6-15)12-20-8-7-14(11-20)9-17(18)22/h2-6,10,14H,7-9,11-12H2,1H3,(H2,18,22). The van der Waals surface area contributed by atoms with Gasteiger partial charge in [-0.25, -0.2) is 4.98 Å². The average molecular weight is 298 g/mol. The van der Waals surface area contributed by atoms with Crippen molar-refractivity contribution in [1.82, 2.24) is 14.5 Å². The highest BCUT2D eigenvalue weighted by atomic mass is 16.1. The van der Waals surface area contributed by atoms with Crippen molar-refractivity contribution in [3.63, 3.8) is 0 Å². The first kappa shape index (κ1) is 14.8. The van der Waals surface area contributed by atoms with Crippen LogP contribution in [0.5, 0.6) is 0 Å². The first-order valence-electron chi connectivity index (χ1n) is 7.73. The Morgan fingerprint density at radius 3 is 2.86 bits per heavy atom. The molecule has 2 N–H and O–H groups in total. The topological polar surface area (TPSA) is 64.2 Å². The third-order valence-electron chi connectivity index (χ3n) is 4.27. The Labute approximate surface area is 130 Å². The first-order chi connectivity index (χ1) is 10.6. The van der Waals surface area contributed by atoms with E-state index >= 15 is 0 Å². The van der Waals surface area contributed by atoms with Gasteiger partial charge in [0.25, 0.3) is 0 Å². The second-order valence-electron chi connectivity index (χ2n) is 6.03. The number of carbonyl (C=O) groups excluding carboxylic acids is 1. The summed E-state index contributed by atoms with van der Waals surface area (Å²) in [5.74, 6) is 1.19. The number of nitrogens with two attached hydrogens (primary N) is 1. The third-order valence-corrected chi connectivity index (χ3v) is 4.27. The Morgan fingerprint density at radius 2 is 2.14 bits per heavy atom. The molecule has 2 heterocycles. The van der Waals surface area contributed by atoms with Crippen molar-refractivity contribution in [2.75, 3.05) is 13.1 Å². The van der Waals surface area contributed by atoms with Crippen LogP contribution in [-0.4, -0.2) is 33.4 Å². The summed E-state index contributed by atoms with van der Waals surface area (Å²) in [7, 11) is 0. The molecule has 3 rings (SSSR count). The van der Waals surface area contributed by atoms with Gasteiger partial charge in [0, 0.05) is 25.2 Å². The van der Waals surface area contributed by atoms with Gasteiger partial charge in [-0.1, -0.05) is 18.2 Å². The molecule has 1 saturated heterocycles. The second kappa shape index (κ2) is 6.32. The van der Waals surface area contributed by atoms with Gasteiger partial charge >= 0.3 is 0 Å². The van der Waals surface area contributed by atoms with Crippen LogP contribution >= 0.6 is 0 Å². The van der Waals surface area contributed by atoms with Crippen molar-refractivity contribution in [2.45, 2.75) is 26.3 Å². The predicted octanol–water partition coefficient (Wildman–Crippen LogP) is 1.88. The van der Waals surface area contributed by atoms with Gasteiger partial charge in [-0.2, -0.15) is 0 Å². The van der Waals surface area contributed by atoms with Gasteiger partial charge in [-0.15, -0.1) is 0 Å². The maximum absolute atomic E-state index is 11.1. The average Bonchev–Trinajstić information content (AvgIpc) is 3.07. The summed E-state index contributed by atoms with van der Waals surface area (Å²) in [6, 6.07) is 10.3. The molecule has 0 radical (unpaired) electrons. The molecule has 5 heteroatoms. The number of rotatable bonds is 5. The predicted molar refractivity (Wildman–Crippen MR) is 85.5 cm³/mol. The van der Waals surface area contributed by atoms with Crippen LogP contribution in [0.1, 0.15) is 24.4 Å². The van der Waals surface area contributed by atoms with Crippen LogP contribution < -0.4 is 5.73 Å². The minimum atomic E-state index is -0.197. The summed E-state index contributed by atoms with van der Waals surface area (Å²) in [5.41, 5.74) is 7.63. The number of nitrogens with zero attached hydrogens (tertiary/aromatic N) is 3. The molecule has 0 saturated carbocycles. The van der Waals surface area contributed by atoms with Gasteiger partial charge in [0.05, 0.1) is 11.9 Å². The lowest BCUT2D eigenvalue weighted by Gasteiger charge is -2.17. The summed E-state index contributed by atoms with van der Waals surface area (Å²) in [5, 5.41) is 0. The number of aromatic nitrogens is 2. The van der Waals surface area contributed by atoms with Crippen molar-refractivity contribution in [2.24, 2.45) is 11.7 Å². The maximum Gasteiger partial charge on any atom is 0.217 e. The highest BCUT2D eigenvalue weighted by Gasteiger charge is 2.24. The fourth-order valence-electron chi connectivity index (χ4n) is 3.27. The fraction of sp³-hybridized carbons (Fsp3) is 0.412. The summed E-state index contributed by atoms with van der Waals surface area (Å²) in [6.07, 6.45) is 3.48. The summed E-state index contributed by atoms with van der Waals surface area (Å²) < 4.78 is 2.20. The van der Waals surface area contributed by atoms with Crippen molar-refractivity contribution < 1.29 is 4.79 Å². The molecule has 1 atom stereocenters. The molecule has 0 spiro atoms. The van der Waals surface area contributed by atoms with E-state index in [-0.39, 0.29) is 5.91 Å². The lowest BCUT2D eigenvalue weighted by atomic mass is 10.1. The van der Waals surface area contributed by atoms with E-state index in [1.807, 2.05) is 31.3 Å². The molecule has 1 aliphatic rings. The molecule has 1 aromatic carbocycles. The molecule has 1 fully saturated rings. The number of hydrogen-bond acceptors (Lipinski definition) is 3. The number of likely N-dealkylation sites (tertiary alicyclic amines) is 1. The molecular weight excluding hydrogens is 276 g/mol. The molecule has 0 aliphatic carbocycles. The largest absolute Gasteiger partial charge is 0.370 e. The molecule has 5 nitrogen and oxygen atoms in total. The zero-order valence-electron chi connectivity index (χ0n) is 12.9. The van der Waals surface area contributed by atoms with Crippen LogP contribution in [0.25, 0.3) is 5.69 Å². The highest BCUT2D eigenvalue weighted by molar-refractivity contribution is 5.74. The Bertz CT molecular complexity index is 650. The van der Waals surface area contributed by atoms with E-state index in [2.05, 4.69) is 26.6 Å². The van der Waals surface area contributed by atoms with E-state index in [0.29, 0.717) is 12.3 Å². The number of hydrogen-bond donors (Lipinski definition) is 1. The summed E-state index contributed by atoms with van der Waals surface area (Å²) in [6.45, 7) is 4.82. The lowest BCUT2D eigenvalue weighted by molar-refractivity contribution is -0.118. The minimum Gasteiger partial charge on any atom is -0.370 e. The van der Waals surface area contributed by atoms with Gasteiger partial charge in [0.15, 0.2) is 0 Å². The van der Waals surface area contributed by atoms with Crippen LogP contribution in [0.4, 0.5) is 0 Å². The fourth-order valence-corrected chi connectivity index (χ4v) is 3.27. The number of benzene rings is 1. The second-order valence-corrected chi connectivity index (χ2v) is 6.03. The highest BCUT2D eigenvalue weighted by Crippen LogP contribution is 2.23. The van der Waals surface area contributed by atoms with E-state index in [1.54, 1.807) is 0 Å². The van der Waals surface area contributed by atoms with Crippen molar-refractivity contribution in [1.29, 1.82) is 0 Å². The molecule has 2 aromatic rings. The van der Waals surface area contributed by atoms with Crippen molar-refractivity contribution >= 4 is 5.91 Å². The number of primary amides is 1. The van der Waals surface area contributed by atoms with Crippen LogP contribution in [0.15, 0.2) is 36.5 Å². The molecule has 1 unspecified atom stereocenters. The maximum atomic E-state index is 11.1. The molecule has 0 bridgehead atoms. The minimum absolute atomic E-state index is 0.197. The monoisotopic (exact) mass is 298 g/mol. The van der Waals surface area contributed by atoms with Crippen LogP contribution in [-0.2, 0) is 11.3 Å². The number of para-hydroxylation sites is 1. The van der Waals surface area contributed by atoms with Gasteiger partial charge in [-0.05, 0) is 37.9 Å². The van der Waals surface area contributed by atoms with E-state index in [9.17, 15) is 4.79 Å². The Hall–Kier alpha value is -2.14.